The number of hydrogen-bond acceptors (Lipinski definition) is 8. The SMILES string of the molecule is O/N=C(/CCCCCCCC/C(=N/O)c1ccc(O)cc1O)c1ccc(O)cc1O. The number of hydrogen-bond donors (Lipinski definition) is 6. The number of unbranched alkanes of at least 4 members (excludes halogenated alkanes) is 5. The third-order valence-corrected chi connectivity index (χ3v) is 4.90. The summed E-state index contributed by atoms with van der Waals surface area (Å²) in [5.74, 6) is -0.347. The molecular formula is C22H28N2O6. The monoisotopic (exact) mass is 416 g/mol. The standard InChI is InChI=1S/C22H28N2O6/c25-15-9-11-17(21(27)13-15)19(23-29)7-5-3-1-2-4-6-8-20(24-30)18-12-10-16(26)14-22(18)28/h9-14,25-30H,1-8H2/b23-19-,24-20-. The molecule has 0 aromatic heterocycles. The Kier molecular flexibility index (Phi) is 8.80. The van der Waals surface area contributed by atoms with Crippen LogP contribution in [-0.2, 0) is 0 Å². The first-order valence-corrected chi connectivity index (χ1v) is 9.92. The Bertz CT molecular complexity index is 822. The minimum atomic E-state index is -0.121. The summed E-state index contributed by atoms with van der Waals surface area (Å²) in [6.07, 6.45) is 6.43. The maximum absolute atomic E-state index is 9.86. The fraction of sp³-hybridized carbons (Fsp3) is 0.364. The Morgan fingerprint density at radius 1 is 0.567 bits per heavy atom. The van der Waals surface area contributed by atoms with Gasteiger partial charge in [0.2, 0.25) is 0 Å². The number of aromatic hydroxyl groups is 4. The molecule has 0 amide bonds. The van der Waals surface area contributed by atoms with Gasteiger partial charge in [0.15, 0.2) is 0 Å². The van der Waals surface area contributed by atoms with Crippen molar-refractivity contribution in [1.82, 2.24) is 0 Å². The summed E-state index contributed by atoms with van der Waals surface area (Å²) in [7, 11) is 0. The van der Waals surface area contributed by atoms with Crippen molar-refractivity contribution < 1.29 is 30.8 Å². The molecule has 0 bridgehead atoms. The van der Waals surface area contributed by atoms with E-state index < -0.39 is 0 Å². The van der Waals surface area contributed by atoms with E-state index in [9.17, 15) is 30.8 Å². The maximum Gasteiger partial charge on any atom is 0.128 e. The molecule has 0 spiro atoms. The number of oxime groups is 2. The summed E-state index contributed by atoms with van der Waals surface area (Å²) in [6.45, 7) is 0. The van der Waals surface area contributed by atoms with Gasteiger partial charge in [-0.15, -0.1) is 0 Å². The molecule has 8 heteroatoms. The zero-order valence-corrected chi connectivity index (χ0v) is 16.7. The highest BCUT2D eigenvalue weighted by Crippen LogP contribution is 2.26. The molecule has 0 aliphatic rings. The largest absolute Gasteiger partial charge is 0.508 e. The Labute approximate surface area is 175 Å². The van der Waals surface area contributed by atoms with Crippen LogP contribution < -0.4 is 0 Å². The molecule has 0 aliphatic carbocycles. The van der Waals surface area contributed by atoms with Crippen molar-refractivity contribution in [1.29, 1.82) is 0 Å². The Balaban J connectivity index is 1.67. The summed E-state index contributed by atoms with van der Waals surface area (Å²) in [4.78, 5) is 0. The van der Waals surface area contributed by atoms with Crippen LogP contribution in [0.2, 0.25) is 0 Å². The molecule has 0 radical (unpaired) electrons. The molecule has 0 saturated heterocycles. The van der Waals surface area contributed by atoms with Gasteiger partial charge in [0.05, 0.1) is 11.4 Å². The molecule has 2 rings (SSSR count). The topological polar surface area (TPSA) is 146 Å². The zero-order chi connectivity index (χ0) is 21.9. The van der Waals surface area contributed by atoms with Crippen LogP contribution in [0.15, 0.2) is 46.7 Å². The van der Waals surface area contributed by atoms with E-state index in [4.69, 9.17) is 0 Å². The lowest BCUT2D eigenvalue weighted by atomic mass is 10.00. The van der Waals surface area contributed by atoms with Crippen LogP contribution in [0.25, 0.3) is 0 Å². The lowest BCUT2D eigenvalue weighted by Crippen LogP contribution is -2.02. The van der Waals surface area contributed by atoms with Gasteiger partial charge >= 0.3 is 0 Å². The van der Waals surface area contributed by atoms with Gasteiger partial charge in [-0.1, -0.05) is 36.0 Å². The van der Waals surface area contributed by atoms with Crippen LogP contribution in [0.4, 0.5) is 0 Å². The molecule has 6 N–H and O–H groups in total. The van der Waals surface area contributed by atoms with Crippen LogP contribution in [0, 0.1) is 0 Å². The molecule has 8 nitrogen and oxygen atoms in total. The maximum atomic E-state index is 9.86. The smallest absolute Gasteiger partial charge is 0.128 e. The molecule has 0 saturated carbocycles. The number of rotatable bonds is 11. The van der Waals surface area contributed by atoms with Gasteiger partial charge in [-0.2, -0.15) is 0 Å². The summed E-state index contributed by atoms with van der Waals surface area (Å²) >= 11 is 0. The van der Waals surface area contributed by atoms with Crippen LogP contribution in [0.1, 0.15) is 62.5 Å². The van der Waals surface area contributed by atoms with Crippen LogP contribution in [0.3, 0.4) is 0 Å². The third-order valence-electron chi connectivity index (χ3n) is 4.90. The van der Waals surface area contributed by atoms with Crippen molar-refractivity contribution in [3.63, 3.8) is 0 Å². The Hall–Kier alpha value is -3.42. The predicted molar refractivity (Wildman–Crippen MR) is 113 cm³/mol. The summed E-state index contributed by atoms with van der Waals surface area (Å²) in [5.41, 5.74) is 1.57. The quantitative estimate of drug-likeness (QED) is 0.136. The fourth-order valence-corrected chi connectivity index (χ4v) is 3.30. The van der Waals surface area contributed by atoms with E-state index in [0.717, 1.165) is 38.5 Å². The lowest BCUT2D eigenvalue weighted by Gasteiger charge is -2.08. The zero-order valence-electron chi connectivity index (χ0n) is 16.7. The highest BCUT2D eigenvalue weighted by molar-refractivity contribution is 6.03. The van der Waals surface area contributed by atoms with E-state index in [1.807, 2.05) is 0 Å². The van der Waals surface area contributed by atoms with E-state index in [0.29, 0.717) is 35.4 Å². The van der Waals surface area contributed by atoms with E-state index in [1.165, 1.54) is 36.4 Å². The molecule has 30 heavy (non-hydrogen) atoms. The van der Waals surface area contributed by atoms with Crippen molar-refractivity contribution in [2.75, 3.05) is 0 Å². The van der Waals surface area contributed by atoms with Crippen molar-refractivity contribution in [3.8, 4) is 23.0 Å². The molecular weight excluding hydrogens is 388 g/mol. The highest BCUT2D eigenvalue weighted by Gasteiger charge is 2.12. The molecule has 0 atom stereocenters. The van der Waals surface area contributed by atoms with Gasteiger partial charge in [-0.05, 0) is 49.9 Å². The second-order valence-corrected chi connectivity index (χ2v) is 7.12. The second-order valence-electron chi connectivity index (χ2n) is 7.12. The van der Waals surface area contributed by atoms with Crippen LogP contribution >= 0.6 is 0 Å². The molecule has 2 aromatic carbocycles. The lowest BCUT2D eigenvalue weighted by molar-refractivity contribution is 0.317. The predicted octanol–water partition coefficient (Wildman–Crippen LogP) is 4.69. The normalized spacial score (nSPS) is 12.3. The first-order valence-electron chi connectivity index (χ1n) is 9.92. The van der Waals surface area contributed by atoms with Gasteiger partial charge in [0.25, 0.3) is 0 Å². The summed E-state index contributed by atoms with van der Waals surface area (Å²) in [5, 5.41) is 63.3. The van der Waals surface area contributed by atoms with Gasteiger partial charge in [0.1, 0.15) is 23.0 Å². The molecule has 162 valence electrons. The summed E-state index contributed by atoms with van der Waals surface area (Å²) in [6, 6.07) is 8.33. The average molecular weight is 416 g/mol. The van der Waals surface area contributed by atoms with Crippen molar-refractivity contribution in [2.24, 2.45) is 10.3 Å². The first-order chi connectivity index (χ1) is 14.5. The molecule has 0 aliphatic heterocycles. The van der Waals surface area contributed by atoms with Gasteiger partial charge in [0, 0.05) is 23.3 Å². The molecule has 2 aromatic rings. The average Bonchev–Trinajstić information content (AvgIpc) is 2.71. The minimum Gasteiger partial charge on any atom is -0.508 e. The van der Waals surface area contributed by atoms with Crippen molar-refractivity contribution >= 4 is 11.4 Å². The minimum absolute atomic E-state index is 0.0523. The highest BCUT2D eigenvalue weighted by atomic mass is 16.4. The van der Waals surface area contributed by atoms with Crippen molar-refractivity contribution in [3.05, 3.63) is 47.5 Å². The molecule has 0 fully saturated rings. The number of nitrogens with zero attached hydrogens (tertiary/aromatic N) is 2. The fourth-order valence-electron chi connectivity index (χ4n) is 3.30. The van der Waals surface area contributed by atoms with Gasteiger partial charge in [-0.25, -0.2) is 0 Å². The number of phenols is 4. The van der Waals surface area contributed by atoms with Gasteiger partial charge < -0.3 is 30.8 Å². The van der Waals surface area contributed by atoms with E-state index in [-0.39, 0.29) is 23.0 Å². The van der Waals surface area contributed by atoms with E-state index >= 15 is 0 Å². The molecule has 0 heterocycles. The van der Waals surface area contributed by atoms with E-state index in [1.54, 1.807) is 0 Å². The summed E-state index contributed by atoms with van der Waals surface area (Å²) < 4.78 is 0. The van der Waals surface area contributed by atoms with Crippen LogP contribution in [0.5, 0.6) is 23.0 Å². The van der Waals surface area contributed by atoms with E-state index in [2.05, 4.69) is 10.3 Å². The third kappa shape index (κ3) is 6.58. The Morgan fingerprint density at radius 3 is 1.27 bits per heavy atom. The Morgan fingerprint density at radius 2 is 0.933 bits per heavy atom. The number of phenolic OH excluding ortho intramolecular Hbond substituents is 4. The van der Waals surface area contributed by atoms with Crippen LogP contribution in [-0.4, -0.2) is 42.3 Å². The first kappa shape index (κ1) is 22.9. The number of benzene rings is 2. The van der Waals surface area contributed by atoms with Crippen molar-refractivity contribution in [2.45, 2.75) is 51.4 Å². The van der Waals surface area contributed by atoms with Gasteiger partial charge in [-0.3, -0.25) is 0 Å². The molecule has 0 unspecified atom stereocenters. The second kappa shape index (κ2) is 11.5.